The Hall–Kier alpha value is -3.57. The number of likely N-dealkylation sites (N-methyl/N-ethyl adjacent to an activating group) is 1. The van der Waals surface area contributed by atoms with Crippen molar-refractivity contribution >= 4 is 39.1 Å². The van der Waals surface area contributed by atoms with Crippen LogP contribution in [0.5, 0.6) is 0 Å². The van der Waals surface area contributed by atoms with Crippen molar-refractivity contribution in [3.63, 3.8) is 0 Å². The van der Waals surface area contributed by atoms with Gasteiger partial charge in [0, 0.05) is 13.1 Å². The molecule has 0 fully saturated rings. The first kappa shape index (κ1) is 32.0. The molecule has 0 saturated heterocycles. The molecule has 0 spiro atoms. The number of amides is 2. The number of alkyl halides is 3. The van der Waals surface area contributed by atoms with Crippen molar-refractivity contribution < 1.29 is 31.2 Å². The van der Waals surface area contributed by atoms with Crippen molar-refractivity contribution in [3.05, 3.63) is 94.0 Å². The van der Waals surface area contributed by atoms with E-state index < -0.39 is 56.9 Å². The monoisotopic (exact) mass is 609 g/mol. The Bertz CT molecular complexity index is 1510. The zero-order valence-corrected chi connectivity index (χ0v) is 24.6. The summed E-state index contributed by atoms with van der Waals surface area (Å²) in [4.78, 5) is 27.6. The number of anilines is 1. The number of hydrogen-bond donors (Lipinski definition) is 1. The first-order chi connectivity index (χ1) is 19.1. The molecule has 1 N–H and O–H groups in total. The van der Waals surface area contributed by atoms with Crippen molar-refractivity contribution in [3.8, 4) is 0 Å². The highest BCUT2D eigenvalue weighted by molar-refractivity contribution is 7.92. The summed E-state index contributed by atoms with van der Waals surface area (Å²) in [5.41, 5.74) is 0.702. The van der Waals surface area contributed by atoms with E-state index in [0.29, 0.717) is 22.5 Å². The number of rotatable bonds is 10. The van der Waals surface area contributed by atoms with E-state index in [2.05, 4.69) is 5.32 Å². The molecule has 220 valence electrons. The Morgan fingerprint density at radius 3 is 2.22 bits per heavy atom. The summed E-state index contributed by atoms with van der Waals surface area (Å²) in [5.74, 6) is -1.25. The molecular weight excluding hydrogens is 579 g/mol. The maximum atomic E-state index is 13.8. The van der Waals surface area contributed by atoms with E-state index in [-0.39, 0.29) is 11.4 Å². The molecule has 7 nitrogen and oxygen atoms in total. The number of carbonyl (C=O) groups excluding carboxylic acids is 2. The van der Waals surface area contributed by atoms with Gasteiger partial charge in [-0.05, 0) is 63.6 Å². The third kappa shape index (κ3) is 7.80. The molecule has 0 aliphatic rings. The number of nitrogens with zero attached hydrogens (tertiary/aromatic N) is 2. The molecule has 1 unspecified atom stereocenters. The molecule has 2 amide bonds. The Morgan fingerprint density at radius 2 is 1.63 bits per heavy atom. The first-order valence-corrected chi connectivity index (χ1v) is 14.6. The maximum absolute atomic E-state index is 13.8. The minimum atomic E-state index is -4.87. The van der Waals surface area contributed by atoms with Gasteiger partial charge >= 0.3 is 6.18 Å². The van der Waals surface area contributed by atoms with Crippen LogP contribution in [-0.2, 0) is 32.3 Å². The van der Waals surface area contributed by atoms with Crippen LogP contribution in [0, 0.1) is 13.8 Å². The predicted molar refractivity (Wildman–Crippen MR) is 152 cm³/mol. The molecule has 1 atom stereocenters. The summed E-state index contributed by atoms with van der Waals surface area (Å²) in [6, 6.07) is 14.5. The van der Waals surface area contributed by atoms with Crippen LogP contribution in [0.2, 0.25) is 5.02 Å². The van der Waals surface area contributed by atoms with Gasteiger partial charge in [0.2, 0.25) is 11.8 Å². The van der Waals surface area contributed by atoms with Crippen LogP contribution in [0.3, 0.4) is 0 Å². The van der Waals surface area contributed by atoms with Crippen molar-refractivity contribution in [2.75, 3.05) is 17.4 Å². The van der Waals surface area contributed by atoms with Crippen molar-refractivity contribution in [2.24, 2.45) is 0 Å². The van der Waals surface area contributed by atoms with Gasteiger partial charge in [0.25, 0.3) is 10.0 Å². The summed E-state index contributed by atoms with van der Waals surface area (Å²) in [6.07, 6.45) is -4.87. The highest BCUT2D eigenvalue weighted by atomic mass is 35.5. The Kier molecular flexibility index (Phi) is 10.1. The molecule has 0 aliphatic carbocycles. The maximum Gasteiger partial charge on any atom is 0.417 e. The van der Waals surface area contributed by atoms with E-state index in [1.165, 1.54) is 36.1 Å². The van der Waals surface area contributed by atoms with Crippen LogP contribution in [0.1, 0.15) is 36.1 Å². The number of aryl methyl sites for hydroxylation is 2. The first-order valence-electron chi connectivity index (χ1n) is 12.7. The number of benzene rings is 3. The van der Waals surface area contributed by atoms with E-state index in [0.717, 1.165) is 23.3 Å². The summed E-state index contributed by atoms with van der Waals surface area (Å²) in [5, 5.41) is 2.03. The second-order valence-electron chi connectivity index (χ2n) is 9.57. The van der Waals surface area contributed by atoms with Gasteiger partial charge < -0.3 is 10.2 Å². The predicted octanol–water partition coefficient (Wildman–Crippen LogP) is 5.72. The SMILES string of the molecule is CCNC(=O)C(C)N(Cc1cccc(C)c1)C(=O)CN(c1ccc(Cl)c(C(F)(F)F)c1)S(=O)(=O)c1ccc(C)cc1. The molecule has 0 heterocycles. The third-order valence-corrected chi connectivity index (χ3v) is 8.50. The van der Waals surface area contributed by atoms with E-state index >= 15 is 0 Å². The minimum absolute atomic E-state index is 0.0361. The van der Waals surface area contributed by atoms with Crippen LogP contribution in [-0.4, -0.2) is 44.3 Å². The Morgan fingerprint density at radius 1 is 0.976 bits per heavy atom. The number of hydrogen-bond acceptors (Lipinski definition) is 4. The molecule has 41 heavy (non-hydrogen) atoms. The van der Waals surface area contributed by atoms with Gasteiger partial charge in [0.1, 0.15) is 12.6 Å². The number of sulfonamides is 1. The highest BCUT2D eigenvalue weighted by Gasteiger charge is 2.37. The smallest absolute Gasteiger partial charge is 0.355 e. The van der Waals surface area contributed by atoms with Gasteiger partial charge in [-0.3, -0.25) is 13.9 Å². The lowest BCUT2D eigenvalue weighted by molar-refractivity contribution is -0.139. The molecule has 3 aromatic carbocycles. The number of halogens is 4. The van der Waals surface area contributed by atoms with Gasteiger partial charge in [-0.1, -0.05) is 59.1 Å². The Labute approximate surface area is 243 Å². The molecule has 3 rings (SSSR count). The standard InChI is InChI=1S/C29H31ClF3N3O4S/c1-5-34-28(38)21(4)35(17-22-8-6-7-20(3)15-22)27(37)18-36(41(39,40)24-12-9-19(2)10-13-24)23-11-14-26(30)25(16-23)29(31,32)33/h6-16,21H,5,17-18H2,1-4H3,(H,34,38). The summed E-state index contributed by atoms with van der Waals surface area (Å²) >= 11 is 5.79. The lowest BCUT2D eigenvalue weighted by Crippen LogP contribution is -2.51. The third-order valence-electron chi connectivity index (χ3n) is 6.38. The fourth-order valence-electron chi connectivity index (χ4n) is 4.16. The van der Waals surface area contributed by atoms with Crippen LogP contribution >= 0.6 is 11.6 Å². The molecule has 0 aromatic heterocycles. The molecule has 0 bridgehead atoms. The molecular formula is C29H31ClF3N3O4S. The lowest BCUT2D eigenvalue weighted by atomic mass is 10.1. The van der Waals surface area contributed by atoms with Crippen molar-refractivity contribution in [2.45, 2.75) is 51.4 Å². The van der Waals surface area contributed by atoms with E-state index in [9.17, 15) is 31.2 Å². The molecule has 0 saturated carbocycles. The quantitative estimate of drug-likeness (QED) is 0.318. The molecule has 0 aliphatic heterocycles. The summed E-state index contributed by atoms with van der Waals surface area (Å²) in [7, 11) is -4.54. The minimum Gasteiger partial charge on any atom is -0.355 e. The van der Waals surface area contributed by atoms with Gasteiger partial charge in [0.15, 0.2) is 0 Å². The van der Waals surface area contributed by atoms with Crippen LogP contribution < -0.4 is 9.62 Å². The second kappa shape index (κ2) is 12.9. The molecule has 3 aromatic rings. The topological polar surface area (TPSA) is 86.8 Å². The highest BCUT2D eigenvalue weighted by Crippen LogP contribution is 2.38. The second-order valence-corrected chi connectivity index (χ2v) is 11.8. The van der Waals surface area contributed by atoms with E-state index in [1.54, 1.807) is 26.0 Å². The van der Waals surface area contributed by atoms with Gasteiger partial charge in [0.05, 0.1) is 21.2 Å². The van der Waals surface area contributed by atoms with E-state index in [1.807, 2.05) is 19.1 Å². The van der Waals surface area contributed by atoms with Crippen molar-refractivity contribution in [1.29, 1.82) is 0 Å². The molecule has 12 heteroatoms. The van der Waals surface area contributed by atoms with Gasteiger partial charge in [-0.25, -0.2) is 8.42 Å². The number of nitrogens with one attached hydrogen (secondary N) is 1. The summed E-state index contributed by atoms with van der Waals surface area (Å²) < 4.78 is 69.4. The van der Waals surface area contributed by atoms with Crippen molar-refractivity contribution in [1.82, 2.24) is 10.2 Å². The average Bonchev–Trinajstić information content (AvgIpc) is 2.90. The zero-order chi connectivity index (χ0) is 30.5. The van der Waals surface area contributed by atoms with Crippen LogP contribution in [0.25, 0.3) is 0 Å². The van der Waals surface area contributed by atoms with Crippen LogP contribution in [0.4, 0.5) is 18.9 Å². The average molecular weight is 610 g/mol. The normalized spacial score (nSPS) is 12.5. The molecule has 0 radical (unpaired) electrons. The van der Waals surface area contributed by atoms with E-state index in [4.69, 9.17) is 11.6 Å². The zero-order valence-electron chi connectivity index (χ0n) is 23.0. The fourth-order valence-corrected chi connectivity index (χ4v) is 5.79. The fraction of sp³-hybridized carbons (Fsp3) is 0.310. The van der Waals surface area contributed by atoms with Gasteiger partial charge in [-0.2, -0.15) is 13.2 Å². The van der Waals surface area contributed by atoms with Crippen LogP contribution in [0.15, 0.2) is 71.6 Å². The van der Waals surface area contributed by atoms with Gasteiger partial charge in [-0.15, -0.1) is 0 Å². The largest absolute Gasteiger partial charge is 0.417 e. The summed E-state index contributed by atoms with van der Waals surface area (Å²) in [6.45, 7) is 6.22. The Balaban J connectivity index is 2.13. The number of carbonyl (C=O) groups is 2. The lowest BCUT2D eigenvalue weighted by Gasteiger charge is -2.32.